The van der Waals surface area contributed by atoms with E-state index in [1.54, 1.807) is 12.5 Å². The molecule has 1 unspecified atom stereocenters. The second-order valence-corrected chi connectivity index (χ2v) is 16.2. The zero-order valence-electron chi connectivity index (χ0n) is 36.6. The fourth-order valence-electron chi connectivity index (χ4n) is 7.29. The highest BCUT2D eigenvalue weighted by Gasteiger charge is 2.19. The molecule has 0 radical (unpaired) electrons. The lowest BCUT2D eigenvalue weighted by Gasteiger charge is -2.19. The maximum absolute atomic E-state index is 13.0. The lowest BCUT2D eigenvalue weighted by molar-refractivity contribution is -0.146. The van der Waals surface area contributed by atoms with Crippen molar-refractivity contribution in [2.45, 2.75) is 239 Å². The number of carbonyl (C=O) groups is 3. The normalized spacial score (nSPS) is 11.9. The highest BCUT2D eigenvalue weighted by atomic mass is 16.7. The minimum atomic E-state index is -0.650. The number of nitrogens with zero attached hydrogens (tertiary/aromatic N) is 2. The highest BCUT2D eigenvalue weighted by Crippen LogP contribution is 2.23. The summed E-state index contributed by atoms with van der Waals surface area (Å²) in [5, 5.41) is 0. The number of ether oxygens (including phenoxy) is 4. The first-order chi connectivity index (χ1) is 27.5. The van der Waals surface area contributed by atoms with Crippen LogP contribution in [0.4, 0.5) is 4.79 Å². The van der Waals surface area contributed by atoms with Gasteiger partial charge in [-0.2, -0.15) is 0 Å². The van der Waals surface area contributed by atoms with Crippen LogP contribution in [0.2, 0.25) is 0 Å². The summed E-state index contributed by atoms with van der Waals surface area (Å²) in [7, 11) is 0. The number of aryl methyl sites for hydroxylation is 1. The molecule has 56 heavy (non-hydrogen) atoms. The number of unbranched alkanes of at least 4 members (excludes halogenated alkanes) is 21. The average Bonchev–Trinajstić information content (AvgIpc) is 3.71. The van der Waals surface area contributed by atoms with E-state index in [0.717, 1.165) is 83.6 Å². The summed E-state index contributed by atoms with van der Waals surface area (Å²) in [5.74, 6) is 0.215. The molecule has 1 rings (SSSR count). The lowest BCUT2D eigenvalue weighted by atomic mass is 9.91. The highest BCUT2D eigenvalue weighted by molar-refractivity contribution is 5.69. The maximum Gasteiger partial charge on any atom is 0.508 e. The number of aromatic nitrogens is 2. The van der Waals surface area contributed by atoms with Gasteiger partial charge >= 0.3 is 18.1 Å². The number of rotatable bonds is 41. The van der Waals surface area contributed by atoms with Crippen molar-refractivity contribution in [1.29, 1.82) is 0 Å². The van der Waals surface area contributed by atoms with Crippen molar-refractivity contribution in [2.75, 3.05) is 19.8 Å². The van der Waals surface area contributed by atoms with E-state index in [0.29, 0.717) is 38.2 Å². The first-order valence-corrected chi connectivity index (χ1v) is 23.6. The maximum atomic E-state index is 13.0. The van der Waals surface area contributed by atoms with E-state index in [4.69, 9.17) is 18.9 Å². The molecule has 9 heteroatoms. The molecule has 1 aromatic heterocycles. The van der Waals surface area contributed by atoms with Crippen LogP contribution in [0.3, 0.4) is 0 Å². The molecular weight excluding hydrogens is 705 g/mol. The molecule has 0 spiro atoms. The summed E-state index contributed by atoms with van der Waals surface area (Å²) in [5.41, 5.74) is 0. The molecule has 0 aliphatic heterocycles. The Hall–Kier alpha value is -2.58. The van der Waals surface area contributed by atoms with Gasteiger partial charge in [-0.25, -0.2) is 9.78 Å². The van der Waals surface area contributed by atoms with Gasteiger partial charge in [0.2, 0.25) is 0 Å². The molecule has 0 aromatic carbocycles. The van der Waals surface area contributed by atoms with E-state index in [9.17, 15) is 14.4 Å². The minimum absolute atomic E-state index is 0.0490. The number of carbonyl (C=O) groups excluding carboxylic acids is 3. The van der Waals surface area contributed by atoms with E-state index in [-0.39, 0.29) is 31.3 Å². The van der Waals surface area contributed by atoms with Crippen molar-refractivity contribution in [2.24, 2.45) is 5.92 Å². The van der Waals surface area contributed by atoms with E-state index in [1.165, 1.54) is 103 Å². The summed E-state index contributed by atoms with van der Waals surface area (Å²) in [6.07, 6.45) is 39.1. The van der Waals surface area contributed by atoms with Gasteiger partial charge in [0.05, 0.1) is 26.1 Å². The fourth-order valence-corrected chi connectivity index (χ4v) is 7.29. The Labute approximate surface area is 343 Å². The predicted octanol–water partition coefficient (Wildman–Crippen LogP) is 13.7. The molecule has 0 fully saturated rings. The first kappa shape index (κ1) is 51.4. The van der Waals surface area contributed by atoms with E-state index >= 15 is 0 Å². The number of hydrogen-bond acceptors (Lipinski definition) is 8. The Balaban J connectivity index is 2.41. The SMILES string of the molecule is CCCCCCCCC(CCCCCCCC)CC(=O)OCCC(CCCCCCCCCCOC(=O)CCCCCCC)OC(=O)OCCCn1ccnc1. The molecule has 0 saturated heterocycles. The van der Waals surface area contributed by atoms with Crippen LogP contribution < -0.4 is 0 Å². The van der Waals surface area contributed by atoms with Gasteiger partial charge in [0.25, 0.3) is 0 Å². The topological polar surface area (TPSA) is 106 Å². The van der Waals surface area contributed by atoms with Crippen LogP contribution in [0.15, 0.2) is 18.7 Å². The van der Waals surface area contributed by atoms with Crippen molar-refractivity contribution in [3.05, 3.63) is 18.7 Å². The number of esters is 2. The van der Waals surface area contributed by atoms with Crippen LogP contribution in [-0.2, 0) is 35.1 Å². The summed E-state index contributed by atoms with van der Waals surface area (Å²) in [6.45, 7) is 8.49. The third-order valence-corrected chi connectivity index (χ3v) is 10.9. The molecule has 0 aliphatic carbocycles. The molecule has 1 heterocycles. The third-order valence-electron chi connectivity index (χ3n) is 10.9. The van der Waals surface area contributed by atoms with Gasteiger partial charge in [0.15, 0.2) is 0 Å². The van der Waals surface area contributed by atoms with Crippen LogP contribution in [0, 0.1) is 5.92 Å². The van der Waals surface area contributed by atoms with Crippen molar-refractivity contribution in [3.63, 3.8) is 0 Å². The zero-order chi connectivity index (χ0) is 40.6. The monoisotopic (exact) mass is 791 g/mol. The first-order valence-electron chi connectivity index (χ1n) is 23.6. The molecule has 0 aliphatic rings. The van der Waals surface area contributed by atoms with Crippen LogP contribution in [0.1, 0.15) is 226 Å². The Kier molecular flexibility index (Phi) is 36.1. The van der Waals surface area contributed by atoms with Gasteiger partial charge in [-0.15, -0.1) is 0 Å². The minimum Gasteiger partial charge on any atom is -0.466 e. The van der Waals surface area contributed by atoms with Crippen LogP contribution in [-0.4, -0.2) is 53.6 Å². The van der Waals surface area contributed by atoms with Gasteiger partial charge < -0.3 is 23.5 Å². The van der Waals surface area contributed by atoms with Gasteiger partial charge in [-0.3, -0.25) is 9.59 Å². The van der Waals surface area contributed by atoms with Crippen LogP contribution in [0.25, 0.3) is 0 Å². The molecule has 1 atom stereocenters. The summed E-state index contributed by atoms with van der Waals surface area (Å²) in [4.78, 5) is 41.6. The lowest BCUT2D eigenvalue weighted by Crippen LogP contribution is -2.22. The number of imidazole rings is 1. The molecule has 326 valence electrons. The van der Waals surface area contributed by atoms with Crippen molar-refractivity contribution in [3.8, 4) is 0 Å². The smallest absolute Gasteiger partial charge is 0.466 e. The third kappa shape index (κ3) is 33.5. The Morgan fingerprint density at radius 3 is 1.59 bits per heavy atom. The number of hydrogen-bond donors (Lipinski definition) is 0. The van der Waals surface area contributed by atoms with E-state index in [2.05, 4.69) is 25.8 Å². The molecule has 0 N–H and O–H groups in total. The van der Waals surface area contributed by atoms with Gasteiger partial charge in [-0.05, 0) is 50.9 Å². The molecule has 0 bridgehead atoms. The molecule has 1 aromatic rings. The standard InChI is InChI=1S/C47H86N2O7/c1-4-7-10-13-20-24-30-43(31-25-21-14-11-8-5-2)41-46(51)54-40-34-44(56-47(52)55-39-29-36-49-37-35-48-42-49)32-26-22-17-15-16-18-23-28-38-53-45(50)33-27-19-12-9-6-3/h35,37,42-44H,4-34,36,38-41H2,1-3H3. The largest absolute Gasteiger partial charge is 0.508 e. The predicted molar refractivity (Wildman–Crippen MR) is 229 cm³/mol. The van der Waals surface area contributed by atoms with E-state index < -0.39 is 6.16 Å². The summed E-state index contributed by atoms with van der Waals surface area (Å²) < 4.78 is 24.3. The van der Waals surface area contributed by atoms with E-state index in [1.807, 2.05) is 10.8 Å². The zero-order valence-corrected chi connectivity index (χ0v) is 36.6. The fraction of sp³-hybridized carbons (Fsp3) is 0.872. The molecule has 0 saturated carbocycles. The van der Waals surface area contributed by atoms with Gasteiger partial charge in [0, 0.05) is 38.2 Å². The van der Waals surface area contributed by atoms with Crippen LogP contribution >= 0.6 is 0 Å². The van der Waals surface area contributed by atoms with Crippen molar-refractivity contribution >= 4 is 18.1 Å². The van der Waals surface area contributed by atoms with Gasteiger partial charge in [-0.1, -0.05) is 162 Å². The van der Waals surface area contributed by atoms with Crippen molar-refractivity contribution in [1.82, 2.24) is 9.55 Å². The average molecular weight is 791 g/mol. The summed E-state index contributed by atoms with van der Waals surface area (Å²) >= 11 is 0. The molecule has 9 nitrogen and oxygen atoms in total. The van der Waals surface area contributed by atoms with Gasteiger partial charge in [0.1, 0.15) is 6.10 Å². The van der Waals surface area contributed by atoms with Crippen molar-refractivity contribution < 1.29 is 33.3 Å². The second-order valence-electron chi connectivity index (χ2n) is 16.2. The Morgan fingerprint density at radius 1 is 0.518 bits per heavy atom. The molecule has 0 amide bonds. The quantitative estimate of drug-likeness (QED) is 0.0367. The second kappa shape index (κ2) is 39.3. The summed E-state index contributed by atoms with van der Waals surface area (Å²) in [6, 6.07) is 0. The molecular formula is C47H86N2O7. The van der Waals surface area contributed by atoms with Crippen LogP contribution in [0.5, 0.6) is 0 Å². The Morgan fingerprint density at radius 2 is 1.02 bits per heavy atom. The Bertz CT molecular complexity index is 1000.